The lowest BCUT2D eigenvalue weighted by Crippen LogP contribution is -2.15. The predicted molar refractivity (Wildman–Crippen MR) is 70.1 cm³/mol. The summed E-state index contributed by atoms with van der Waals surface area (Å²) in [5.74, 6) is 1.18. The summed E-state index contributed by atoms with van der Waals surface area (Å²) in [5.41, 5.74) is 1.38. The Bertz CT molecular complexity index is 294. The first-order valence-corrected chi connectivity index (χ1v) is 6.63. The lowest BCUT2D eigenvalue weighted by molar-refractivity contribution is 0.549. The molecule has 0 nitrogen and oxygen atoms in total. The van der Waals surface area contributed by atoms with Gasteiger partial charge in [-0.1, -0.05) is 70.8 Å². The van der Waals surface area contributed by atoms with E-state index >= 15 is 0 Å². The van der Waals surface area contributed by atoms with Crippen LogP contribution in [0.3, 0.4) is 0 Å². The van der Waals surface area contributed by atoms with Gasteiger partial charge in [-0.3, -0.25) is 0 Å². The lowest BCUT2D eigenvalue weighted by atomic mass is 9.92. The smallest absolute Gasteiger partial charge is 0.0235 e. The van der Waals surface area contributed by atoms with E-state index in [1.807, 2.05) is 0 Å². The van der Waals surface area contributed by atoms with E-state index in [1.54, 1.807) is 0 Å². The Kier molecular flexibility index (Phi) is 4.65. The molecule has 0 aliphatic heterocycles. The Balaban J connectivity index is 2.89. The van der Waals surface area contributed by atoms with Crippen molar-refractivity contribution in [2.75, 3.05) is 0 Å². The predicted octanol–water partition coefficient (Wildman–Crippen LogP) is 4.97. The summed E-state index contributed by atoms with van der Waals surface area (Å²) in [6.07, 6.45) is 0. The largest absolute Gasteiger partial charge is 0.0881 e. The molecule has 2 unspecified atom stereocenters. The fraction of sp³-hybridized carbons (Fsp3) is 0.500. The van der Waals surface area contributed by atoms with E-state index < -0.39 is 0 Å². The van der Waals surface area contributed by atoms with Gasteiger partial charge in [-0.15, -0.1) is 0 Å². The molecule has 2 heteroatoms. The zero-order valence-electron chi connectivity index (χ0n) is 8.80. The minimum absolute atomic E-state index is 0.529. The van der Waals surface area contributed by atoms with Crippen LogP contribution in [0.15, 0.2) is 28.7 Å². The molecule has 14 heavy (non-hydrogen) atoms. The monoisotopic (exact) mass is 318 g/mol. The summed E-state index contributed by atoms with van der Waals surface area (Å²) in [6.45, 7) is 6.75. The van der Waals surface area contributed by atoms with E-state index in [0.717, 1.165) is 0 Å². The van der Waals surface area contributed by atoms with E-state index in [1.165, 1.54) is 10.0 Å². The van der Waals surface area contributed by atoms with Gasteiger partial charge in [-0.05, 0) is 23.5 Å². The number of rotatable bonds is 3. The molecule has 0 fully saturated rings. The third-order valence-electron chi connectivity index (χ3n) is 2.51. The number of benzene rings is 1. The summed E-state index contributed by atoms with van der Waals surface area (Å²) in [4.78, 5) is 0.529. The van der Waals surface area contributed by atoms with Gasteiger partial charge in [0.05, 0.1) is 0 Å². The van der Waals surface area contributed by atoms with Crippen molar-refractivity contribution in [3.8, 4) is 0 Å². The molecular weight excluding hydrogens is 304 g/mol. The molecule has 2 atom stereocenters. The second kappa shape index (κ2) is 5.32. The number of hydrogen-bond acceptors (Lipinski definition) is 0. The summed E-state index contributed by atoms with van der Waals surface area (Å²) in [6, 6.07) is 8.44. The number of hydrogen-bond donors (Lipinski definition) is 0. The van der Waals surface area contributed by atoms with Gasteiger partial charge in [-0.2, -0.15) is 0 Å². The van der Waals surface area contributed by atoms with E-state index in [9.17, 15) is 0 Å². The van der Waals surface area contributed by atoms with Gasteiger partial charge >= 0.3 is 0 Å². The van der Waals surface area contributed by atoms with Gasteiger partial charge in [0.15, 0.2) is 0 Å². The summed E-state index contributed by atoms with van der Waals surface area (Å²) in [5, 5.41) is 0. The van der Waals surface area contributed by atoms with Gasteiger partial charge in [0.2, 0.25) is 0 Å². The van der Waals surface area contributed by atoms with Gasteiger partial charge in [0.25, 0.3) is 0 Å². The molecule has 0 radical (unpaired) electrons. The Labute approximate surface area is 103 Å². The quantitative estimate of drug-likeness (QED) is 0.690. The lowest BCUT2D eigenvalue weighted by Gasteiger charge is -2.23. The first kappa shape index (κ1) is 12.3. The fourth-order valence-corrected chi connectivity index (χ4v) is 2.52. The highest BCUT2D eigenvalue weighted by atomic mass is 79.9. The maximum Gasteiger partial charge on any atom is 0.0235 e. The third-order valence-corrected chi connectivity index (χ3v) is 5.08. The van der Waals surface area contributed by atoms with Crippen molar-refractivity contribution < 1.29 is 0 Å². The van der Waals surface area contributed by atoms with E-state index in [-0.39, 0.29) is 0 Å². The van der Waals surface area contributed by atoms with Crippen molar-refractivity contribution in [3.05, 3.63) is 34.3 Å². The Morgan fingerprint density at radius 1 is 1.07 bits per heavy atom. The van der Waals surface area contributed by atoms with Crippen LogP contribution in [0.1, 0.15) is 32.3 Å². The van der Waals surface area contributed by atoms with Crippen LogP contribution in [0.25, 0.3) is 0 Å². The van der Waals surface area contributed by atoms with Crippen LogP contribution < -0.4 is 0 Å². The van der Waals surface area contributed by atoms with Crippen molar-refractivity contribution >= 4 is 31.9 Å². The fourth-order valence-electron chi connectivity index (χ4n) is 1.59. The molecule has 0 saturated heterocycles. The van der Waals surface area contributed by atoms with Crippen LogP contribution in [0, 0.1) is 5.92 Å². The summed E-state index contributed by atoms with van der Waals surface area (Å²) >= 11 is 7.35. The highest BCUT2D eigenvalue weighted by Crippen LogP contribution is 2.33. The molecule has 78 valence electrons. The number of alkyl halides is 1. The molecule has 1 aromatic rings. The van der Waals surface area contributed by atoms with Gasteiger partial charge in [0, 0.05) is 9.30 Å². The normalized spacial score (nSPS) is 15.6. The van der Waals surface area contributed by atoms with Crippen LogP contribution in [-0.4, -0.2) is 4.83 Å². The highest BCUT2D eigenvalue weighted by molar-refractivity contribution is 9.10. The SMILES string of the molecule is CC(C)C(Br)C(C)c1ccccc1Br. The van der Waals surface area contributed by atoms with E-state index in [2.05, 4.69) is 76.9 Å². The van der Waals surface area contributed by atoms with Gasteiger partial charge < -0.3 is 0 Å². The minimum atomic E-state index is 0.529. The molecule has 0 aliphatic rings. The zero-order chi connectivity index (χ0) is 10.7. The Morgan fingerprint density at radius 3 is 2.14 bits per heavy atom. The van der Waals surface area contributed by atoms with Crippen LogP contribution in [-0.2, 0) is 0 Å². The first-order chi connectivity index (χ1) is 6.54. The standard InChI is InChI=1S/C12H16Br2/c1-8(2)12(14)9(3)10-6-4-5-7-11(10)13/h4-9,12H,1-3H3. The average Bonchev–Trinajstić information content (AvgIpc) is 2.16. The van der Waals surface area contributed by atoms with E-state index in [4.69, 9.17) is 0 Å². The summed E-state index contributed by atoms with van der Waals surface area (Å²) in [7, 11) is 0. The van der Waals surface area contributed by atoms with E-state index in [0.29, 0.717) is 16.7 Å². The second-order valence-corrected chi connectivity index (χ2v) is 5.91. The Hall–Kier alpha value is 0.180. The highest BCUT2D eigenvalue weighted by Gasteiger charge is 2.20. The maximum absolute atomic E-state index is 3.76. The Morgan fingerprint density at radius 2 is 1.64 bits per heavy atom. The molecule has 0 saturated carbocycles. The minimum Gasteiger partial charge on any atom is -0.0881 e. The molecule has 0 aromatic heterocycles. The third kappa shape index (κ3) is 2.83. The molecular formula is C12H16Br2. The van der Waals surface area contributed by atoms with Crippen LogP contribution in [0.5, 0.6) is 0 Å². The molecule has 0 heterocycles. The number of halogens is 2. The second-order valence-electron chi connectivity index (χ2n) is 4.00. The zero-order valence-corrected chi connectivity index (χ0v) is 12.0. The first-order valence-electron chi connectivity index (χ1n) is 4.92. The maximum atomic E-state index is 3.76. The van der Waals surface area contributed by atoms with Crippen molar-refractivity contribution in [1.29, 1.82) is 0 Å². The average molecular weight is 320 g/mol. The molecule has 1 aromatic carbocycles. The molecule has 0 aliphatic carbocycles. The van der Waals surface area contributed by atoms with Gasteiger partial charge in [0.1, 0.15) is 0 Å². The van der Waals surface area contributed by atoms with Gasteiger partial charge in [-0.25, -0.2) is 0 Å². The van der Waals surface area contributed by atoms with Crippen molar-refractivity contribution in [2.24, 2.45) is 5.92 Å². The van der Waals surface area contributed by atoms with Crippen molar-refractivity contribution in [1.82, 2.24) is 0 Å². The summed E-state index contributed by atoms with van der Waals surface area (Å²) < 4.78 is 1.21. The molecule has 0 bridgehead atoms. The van der Waals surface area contributed by atoms with Crippen molar-refractivity contribution in [2.45, 2.75) is 31.5 Å². The molecule has 0 spiro atoms. The molecule has 1 rings (SSSR count). The molecule has 0 amide bonds. The molecule has 0 N–H and O–H groups in total. The van der Waals surface area contributed by atoms with Crippen molar-refractivity contribution in [3.63, 3.8) is 0 Å². The topological polar surface area (TPSA) is 0 Å². The van der Waals surface area contributed by atoms with Crippen LogP contribution >= 0.6 is 31.9 Å². The van der Waals surface area contributed by atoms with Crippen LogP contribution in [0.4, 0.5) is 0 Å². The van der Waals surface area contributed by atoms with Crippen LogP contribution in [0.2, 0.25) is 0 Å².